The van der Waals surface area contributed by atoms with Crippen molar-refractivity contribution < 1.29 is 4.79 Å². The molecule has 0 saturated heterocycles. The van der Waals surface area contributed by atoms with Gasteiger partial charge in [0, 0.05) is 17.8 Å². The van der Waals surface area contributed by atoms with Crippen LogP contribution in [0, 0.1) is 5.41 Å². The minimum absolute atomic E-state index is 0.212. The third-order valence-corrected chi connectivity index (χ3v) is 2.10. The number of aldehydes is 1. The zero-order valence-corrected chi connectivity index (χ0v) is 8.16. The van der Waals surface area contributed by atoms with Crippen LogP contribution in [0.1, 0.15) is 25.8 Å². The number of nitrogens with zero attached hydrogens (tertiary/aromatic N) is 1. The van der Waals surface area contributed by atoms with Crippen molar-refractivity contribution in [2.45, 2.75) is 26.7 Å². The normalized spacial score (nSPS) is 11.2. The minimum atomic E-state index is -0.212. The van der Waals surface area contributed by atoms with Crippen LogP contribution in [-0.2, 0) is 11.2 Å². The summed E-state index contributed by atoms with van der Waals surface area (Å²) in [4.78, 5) is 14.7. The zero-order chi connectivity index (χ0) is 9.73. The van der Waals surface area contributed by atoms with Crippen molar-refractivity contribution in [1.82, 2.24) is 4.98 Å². The number of pyridine rings is 1. The molecule has 2 heteroatoms. The number of carbonyl (C=O) groups excluding carboxylic acids is 1. The lowest BCUT2D eigenvalue weighted by Crippen LogP contribution is -2.13. The van der Waals surface area contributed by atoms with Gasteiger partial charge < -0.3 is 4.79 Å². The van der Waals surface area contributed by atoms with Crippen LogP contribution in [0.2, 0.25) is 0 Å². The molecule has 1 heterocycles. The predicted molar refractivity (Wildman–Crippen MR) is 52.4 cm³/mol. The van der Waals surface area contributed by atoms with Crippen LogP contribution in [0.3, 0.4) is 0 Å². The van der Waals surface area contributed by atoms with Crippen LogP contribution in [-0.4, -0.2) is 11.3 Å². The molecule has 0 unspecified atom stereocenters. The van der Waals surface area contributed by atoms with Crippen molar-refractivity contribution in [3.8, 4) is 0 Å². The summed E-state index contributed by atoms with van der Waals surface area (Å²) >= 11 is 0. The Morgan fingerprint density at radius 1 is 1.54 bits per heavy atom. The molecule has 0 aromatic carbocycles. The summed E-state index contributed by atoms with van der Waals surface area (Å²) in [5.41, 5.74) is 0.980. The first-order valence-electron chi connectivity index (χ1n) is 4.49. The third-order valence-electron chi connectivity index (χ3n) is 2.10. The van der Waals surface area contributed by atoms with E-state index in [1.807, 2.05) is 32.2 Å². The van der Waals surface area contributed by atoms with E-state index in [0.29, 0.717) is 0 Å². The van der Waals surface area contributed by atoms with Crippen LogP contribution in [0.25, 0.3) is 0 Å². The molecule has 0 aliphatic carbocycles. The number of aryl methyl sites for hydroxylation is 1. The van der Waals surface area contributed by atoms with E-state index in [4.69, 9.17) is 0 Å². The number of aromatic nitrogens is 1. The molecule has 0 N–H and O–H groups in total. The van der Waals surface area contributed by atoms with Gasteiger partial charge in [-0.2, -0.15) is 0 Å². The predicted octanol–water partition coefficient (Wildman–Crippen LogP) is 2.24. The largest absolute Gasteiger partial charge is 0.303 e. The van der Waals surface area contributed by atoms with Crippen molar-refractivity contribution in [3.05, 3.63) is 30.1 Å². The first-order chi connectivity index (χ1) is 6.14. The molecule has 1 aromatic heterocycles. The zero-order valence-electron chi connectivity index (χ0n) is 8.16. The molecule has 0 spiro atoms. The van der Waals surface area contributed by atoms with Crippen molar-refractivity contribution in [2.24, 2.45) is 5.41 Å². The maximum absolute atomic E-state index is 10.6. The van der Waals surface area contributed by atoms with Crippen molar-refractivity contribution in [2.75, 3.05) is 0 Å². The van der Waals surface area contributed by atoms with Gasteiger partial charge in [-0.15, -0.1) is 0 Å². The van der Waals surface area contributed by atoms with E-state index in [9.17, 15) is 4.79 Å². The van der Waals surface area contributed by atoms with Gasteiger partial charge >= 0.3 is 0 Å². The fourth-order valence-electron chi connectivity index (χ4n) is 1.07. The monoisotopic (exact) mass is 177 g/mol. The summed E-state index contributed by atoms with van der Waals surface area (Å²) in [6, 6.07) is 3.96. The highest BCUT2D eigenvalue weighted by molar-refractivity contribution is 5.57. The molecule has 0 saturated carbocycles. The lowest BCUT2D eigenvalue weighted by molar-refractivity contribution is -0.114. The summed E-state index contributed by atoms with van der Waals surface area (Å²) in [7, 11) is 0. The molecule has 0 radical (unpaired) electrons. The topological polar surface area (TPSA) is 30.0 Å². The maximum Gasteiger partial charge on any atom is 0.125 e. The summed E-state index contributed by atoms with van der Waals surface area (Å²) in [5.74, 6) is 0. The molecule has 0 fully saturated rings. The molecule has 0 amide bonds. The second-order valence-corrected chi connectivity index (χ2v) is 3.97. The van der Waals surface area contributed by atoms with Gasteiger partial charge in [-0.3, -0.25) is 4.98 Å². The molecule has 0 bridgehead atoms. The smallest absolute Gasteiger partial charge is 0.125 e. The molecule has 1 aromatic rings. The second kappa shape index (κ2) is 4.17. The molecule has 70 valence electrons. The Labute approximate surface area is 79.0 Å². The second-order valence-electron chi connectivity index (χ2n) is 3.97. The van der Waals surface area contributed by atoms with Gasteiger partial charge in [0.2, 0.25) is 0 Å². The van der Waals surface area contributed by atoms with E-state index in [1.165, 1.54) is 5.56 Å². The minimum Gasteiger partial charge on any atom is -0.303 e. The van der Waals surface area contributed by atoms with Gasteiger partial charge in [0.15, 0.2) is 0 Å². The van der Waals surface area contributed by atoms with E-state index < -0.39 is 0 Å². The highest BCUT2D eigenvalue weighted by atomic mass is 16.1. The SMILES string of the molecule is CC(C)(C=O)CCc1cccnc1. The summed E-state index contributed by atoms with van der Waals surface area (Å²) in [6.45, 7) is 3.91. The van der Waals surface area contributed by atoms with E-state index in [1.54, 1.807) is 6.20 Å². The molecule has 13 heavy (non-hydrogen) atoms. The molecule has 0 atom stereocenters. The van der Waals surface area contributed by atoms with E-state index in [-0.39, 0.29) is 5.41 Å². The Balaban J connectivity index is 2.48. The molecule has 0 aliphatic heterocycles. The van der Waals surface area contributed by atoms with Crippen molar-refractivity contribution >= 4 is 6.29 Å². The summed E-state index contributed by atoms with van der Waals surface area (Å²) in [6.07, 6.45) is 6.42. The van der Waals surface area contributed by atoms with Gasteiger partial charge in [-0.1, -0.05) is 19.9 Å². The van der Waals surface area contributed by atoms with E-state index >= 15 is 0 Å². The maximum atomic E-state index is 10.6. The van der Waals surface area contributed by atoms with Crippen LogP contribution in [0.5, 0.6) is 0 Å². The average molecular weight is 177 g/mol. The van der Waals surface area contributed by atoms with Crippen LogP contribution in [0.4, 0.5) is 0 Å². The van der Waals surface area contributed by atoms with Gasteiger partial charge in [-0.05, 0) is 24.5 Å². The van der Waals surface area contributed by atoms with Crippen LogP contribution in [0.15, 0.2) is 24.5 Å². The van der Waals surface area contributed by atoms with E-state index in [2.05, 4.69) is 4.98 Å². The Morgan fingerprint density at radius 3 is 2.85 bits per heavy atom. The van der Waals surface area contributed by atoms with Gasteiger partial charge in [0.1, 0.15) is 6.29 Å². The van der Waals surface area contributed by atoms with Crippen LogP contribution >= 0.6 is 0 Å². The number of rotatable bonds is 4. The van der Waals surface area contributed by atoms with E-state index in [0.717, 1.165) is 19.1 Å². The number of hydrogen-bond acceptors (Lipinski definition) is 2. The highest BCUT2D eigenvalue weighted by Gasteiger charge is 2.15. The molecule has 1 rings (SSSR count). The Bertz CT molecular complexity index is 267. The van der Waals surface area contributed by atoms with Gasteiger partial charge in [0.25, 0.3) is 0 Å². The molecule has 2 nitrogen and oxygen atoms in total. The molecular formula is C11H15NO. The fourth-order valence-corrected chi connectivity index (χ4v) is 1.07. The number of carbonyl (C=O) groups is 1. The Hall–Kier alpha value is -1.18. The standard InChI is InChI=1S/C11H15NO/c1-11(2,9-13)6-5-10-4-3-7-12-8-10/h3-4,7-9H,5-6H2,1-2H3. The van der Waals surface area contributed by atoms with Gasteiger partial charge in [-0.25, -0.2) is 0 Å². The van der Waals surface area contributed by atoms with Gasteiger partial charge in [0.05, 0.1) is 0 Å². The van der Waals surface area contributed by atoms with Crippen molar-refractivity contribution in [1.29, 1.82) is 0 Å². The van der Waals surface area contributed by atoms with Crippen LogP contribution < -0.4 is 0 Å². The Kier molecular flexibility index (Phi) is 3.18. The summed E-state index contributed by atoms with van der Waals surface area (Å²) < 4.78 is 0. The lowest BCUT2D eigenvalue weighted by atomic mass is 9.88. The highest BCUT2D eigenvalue weighted by Crippen LogP contribution is 2.19. The first-order valence-corrected chi connectivity index (χ1v) is 4.49. The third kappa shape index (κ3) is 3.36. The quantitative estimate of drug-likeness (QED) is 0.660. The van der Waals surface area contributed by atoms with Crippen molar-refractivity contribution in [3.63, 3.8) is 0 Å². The first kappa shape index (κ1) is 9.90. The molecular weight excluding hydrogens is 162 g/mol. The fraction of sp³-hybridized carbons (Fsp3) is 0.455. The average Bonchev–Trinajstić information content (AvgIpc) is 2.17. The molecule has 0 aliphatic rings. The lowest BCUT2D eigenvalue weighted by Gasteiger charge is -2.15. The number of hydrogen-bond donors (Lipinski definition) is 0. The Morgan fingerprint density at radius 2 is 2.31 bits per heavy atom. The summed E-state index contributed by atoms with van der Waals surface area (Å²) in [5, 5.41) is 0.